The SMILES string of the molecule is O=C(Nc1ccc([N+](=O)[O-])cc1)c1cc(F)c(F)c(F)c1. The number of carbonyl (C=O) groups is 1. The van der Waals surface area contributed by atoms with Crippen LogP contribution in [0.1, 0.15) is 10.4 Å². The van der Waals surface area contributed by atoms with Crippen molar-refractivity contribution in [1.29, 1.82) is 0 Å². The molecular formula is C13H7F3N2O3. The summed E-state index contributed by atoms with van der Waals surface area (Å²) in [5.74, 6) is -5.50. The summed E-state index contributed by atoms with van der Waals surface area (Å²) >= 11 is 0. The molecule has 21 heavy (non-hydrogen) atoms. The molecule has 0 saturated heterocycles. The Kier molecular flexibility index (Phi) is 3.88. The van der Waals surface area contributed by atoms with Gasteiger partial charge in [0, 0.05) is 23.4 Å². The van der Waals surface area contributed by atoms with Crippen LogP contribution >= 0.6 is 0 Å². The van der Waals surface area contributed by atoms with E-state index in [2.05, 4.69) is 5.32 Å². The van der Waals surface area contributed by atoms with E-state index in [1.807, 2.05) is 0 Å². The summed E-state index contributed by atoms with van der Waals surface area (Å²) in [4.78, 5) is 21.6. The van der Waals surface area contributed by atoms with Crippen LogP contribution in [0.25, 0.3) is 0 Å². The molecule has 0 radical (unpaired) electrons. The summed E-state index contributed by atoms with van der Waals surface area (Å²) in [6.45, 7) is 0. The maximum atomic E-state index is 13.0. The third-order valence-electron chi connectivity index (χ3n) is 2.58. The maximum absolute atomic E-state index is 13.0. The Bertz CT molecular complexity index is 694. The lowest BCUT2D eigenvalue weighted by atomic mass is 10.2. The van der Waals surface area contributed by atoms with E-state index in [-0.39, 0.29) is 11.4 Å². The van der Waals surface area contributed by atoms with Gasteiger partial charge < -0.3 is 5.32 Å². The Morgan fingerprint density at radius 2 is 1.57 bits per heavy atom. The minimum absolute atomic E-state index is 0.174. The molecule has 0 fully saturated rings. The topological polar surface area (TPSA) is 72.2 Å². The zero-order valence-corrected chi connectivity index (χ0v) is 10.3. The number of hydrogen-bond donors (Lipinski definition) is 1. The molecule has 0 aliphatic carbocycles. The number of anilines is 1. The van der Waals surface area contributed by atoms with Gasteiger partial charge in [-0.3, -0.25) is 14.9 Å². The smallest absolute Gasteiger partial charge is 0.269 e. The van der Waals surface area contributed by atoms with E-state index >= 15 is 0 Å². The summed E-state index contributed by atoms with van der Waals surface area (Å²) in [7, 11) is 0. The number of rotatable bonds is 3. The van der Waals surface area contributed by atoms with Crippen molar-refractivity contribution >= 4 is 17.3 Å². The van der Waals surface area contributed by atoms with E-state index in [0.717, 1.165) is 12.1 Å². The maximum Gasteiger partial charge on any atom is 0.269 e. The van der Waals surface area contributed by atoms with Gasteiger partial charge in [-0.05, 0) is 24.3 Å². The molecule has 1 N–H and O–H groups in total. The van der Waals surface area contributed by atoms with Crippen LogP contribution in [0.5, 0.6) is 0 Å². The van der Waals surface area contributed by atoms with E-state index in [1.165, 1.54) is 12.1 Å². The molecule has 0 atom stereocenters. The number of benzene rings is 2. The van der Waals surface area contributed by atoms with Crippen LogP contribution in [0.2, 0.25) is 0 Å². The molecule has 108 valence electrons. The third kappa shape index (κ3) is 3.16. The van der Waals surface area contributed by atoms with Crippen molar-refractivity contribution in [1.82, 2.24) is 0 Å². The fraction of sp³-hybridized carbons (Fsp3) is 0. The Labute approximate surface area is 116 Å². The molecule has 0 spiro atoms. The van der Waals surface area contributed by atoms with E-state index in [1.54, 1.807) is 0 Å². The molecule has 0 heterocycles. The number of nitro groups is 1. The first-order valence-electron chi connectivity index (χ1n) is 5.59. The lowest BCUT2D eigenvalue weighted by Crippen LogP contribution is -2.13. The number of nitro benzene ring substituents is 1. The largest absolute Gasteiger partial charge is 0.322 e. The van der Waals surface area contributed by atoms with E-state index < -0.39 is 33.8 Å². The van der Waals surface area contributed by atoms with Crippen LogP contribution in [0.3, 0.4) is 0 Å². The van der Waals surface area contributed by atoms with Gasteiger partial charge in [0.25, 0.3) is 11.6 Å². The predicted octanol–water partition coefficient (Wildman–Crippen LogP) is 3.26. The lowest BCUT2D eigenvalue weighted by molar-refractivity contribution is -0.384. The number of non-ortho nitro benzene ring substituents is 1. The normalized spacial score (nSPS) is 10.2. The molecule has 0 aromatic heterocycles. The Balaban J connectivity index is 2.20. The highest BCUT2D eigenvalue weighted by Crippen LogP contribution is 2.18. The fourth-order valence-electron chi connectivity index (χ4n) is 1.56. The first-order valence-corrected chi connectivity index (χ1v) is 5.59. The average molecular weight is 296 g/mol. The van der Waals surface area contributed by atoms with Gasteiger partial charge in [-0.25, -0.2) is 13.2 Å². The van der Waals surface area contributed by atoms with Crippen molar-refractivity contribution in [2.45, 2.75) is 0 Å². The zero-order chi connectivity index (χ0) is 15.6. The molecule has 2 aromatic rings. The minimum Gasteiger partial charge on any atom is -0.322 e. The number of halogens is 3. The summed E-state index contributed by atoms with van der Waals surface area (Å²) < 4.78 is 38.8. The fourth-order valence-corrected chi connectivity index (χ4v) is 1.56. The second-order valence-electron chi connectivity index (χ2n) is 4.01. The van der Waals surface area contributed by atoms with Gasteiger partial charge in [0.15, 0.2) is 17.5 Å². The molecule has 5 nitrogen and oxygen atoms in total. The van der Waals surface area contributed by atoms with E-state index in [9.17, 15) is 28.1 Å². The van der Waals surface area contributed by atoms with Crippen molar-refractivity contribution in [3.63, 3.8) is 0 Å². The second-order valence-corrected chi connectivity index (χ2v) is 4.01. The highest BCUT2D eigenvalue weighted by Gasteiger charge is 2.15. The van der Waals surface area contributed by atoms with E-state index in [0.29, 0.717) is 12.1 Å². The first-order chi connectivity index (χ1) is 9.88. The Hall–Kier alpha value is -2.90. The van der Waals surface area contributed by atoms with Crippen molar-refractivity contribution < 1.29 is 22.9 Å². The van der Waals surface area contributed by atoms with Gasteiger partial charge in [-0.15, -0.1) is 0 Å². The quantitative estimate of drug-likeness (QED) is 0.537. The average Bonchev–Trinajstić information content (AvgIpc) is 2.44. The van der Waals surface area contributed by atoms with Crippen LogP contribution < -0.4 is 5.32 Å². The van der Waals surface area contributed by atoms with Gasteiger partial charge in [0.05, 0.1) is 4.92 Å². The van der Waals surface area contributed by atoms with Crippen molar-refractivity contribution in [2.75, 3.05) is 5.32 Å². The molecule has 1 amide bonds. The van der Waals surface area contributed by atoms with Crippen LogP contribution in [-0.2, 0) is 0 Å². The number of nitrogens with zero attached hydrogens (tertiary/aromatic N) is 1. The number of carbonyl (C=O) groups excluding carboxylic acids is 1. The standard InChI is InChI=1S/C13H7F3N2O3/c14-10-5-7(6-11(15)12(10)16)13(19)17-8-1-3-9(4-2-8)18(20)21/h1-6H,(H,17,19). The third-order valence-corrected chi connectivity index (χ3v) is 2.58. The highest BCUT2D eigenvalue weighted by molar-refractivity contribution is 6.04. The Morgan fingerprint density at radius 3 is 2.05 bits per heavy atom. The van der Waals surface area contributed by atoms with Gasteiger partial charge in [0.2, 0.25) is 0 Å². The predicted molar refractivity (Wildman–Crippen MR) is 67.4 cm³/mol. The molecule has 2 rings (SSSR count). The summed E-state index contributed by atoms with van der Waals surface area (Å²) in [6.07, 6.45) is 0. The molecule has 2 aromatic carbocycles. The molecular weight excluding hydrogens is 289 g/mol. The summed E-state index contributed by atoms with van der Waals surface area (Å²) in [5.41, 5.74) is -0.396. The van der Waals surface area contributed by atoms with Crippen LogP contribution in [0.15, 0.2) is 36.4 Å². The summed E-state index contributed by atoms with van der Waals surface area (Å²) in [5, 5.41) is 12.7. The van der Waals surface area contributed by atoms with Gasteiger partial charge in [-0.2, -0.15) is 0 Å². The molecule has 0 aliphatic rings. The molecule has 0 bridgehead atoms. The highest BCUT2D eigenvalue weighted by atomic mass is 19.2. The monoisotopic (exact) mass is 296 g/mol. The van der Waals surface area contributed by atoms with Crippen molar-refractivity contribution in [2.24, 2.45) is 0 Å². The number of amides is 1. The lowest BCUT2D eigenvalue weighted by Gasteiger charge is -2.06. The first kappa shape index (κ1) is 14.5. The van der Waals surface area contributed by atoms with Gasteiger partial charge >= 0.3 is 0 Å². The molecule has 8 heteroatoms. The molecule has 0 saturated carbocycles. The second kappa shape index (κ2) is 5.61. The Morgan fingerprint density at radius 1 is 1.05 bits per heavy atom. The van der Waals surface area contributed by atoms with Crippen LogP contribution in [0.4, 0.5) is 24.5 Å². The van der Waals surface area contributed by atoms with Crippen molar-refractivity contribution in [3.05, 3.63) is 69.5 Å². The van der Waals surface area contributed by atoms with Gasteiger partial charge in [-0.1, -0.05) is 0 Å². The van der Waals surface area contributed by atoms with Crippen molar-refractivity contribution in [3.8, 4) is 0 Å². The minimum atomic E-state index is -1.66. The zero-order valence-electron chi connectivity index (χ0n) is 10.3. The molecule has 0 aliphatic heterocycles. The molecule has 0 unspecified atom stereocenters. The number of hydrogen-bond acceptors (Lipinski definition) is 3. The van der Waals surface area contributed by atoms with Gasteiger partial charge in [0.1, 0.15) is 0 Å². The number of nitrogens with one attached hydrogen (secondary N) is 1. The van der Waals surface area contributed by atoms with Crippen LogP contribution in [0, 0.1) is 27.6 Å². The van der Waals surface area contributed by atoms with E-state index in [4.69, 9.17) is 0 Å². The summed E-state index contributed by atoms with van der Waals surface area (Å²) in [6, 6.07) is 5.93. The van der Waals surface area contributed by atoms with Crippen LogP contribution in [-0.4, -0.2) is 10.8 Å².